The van der Waals surface area contributed by atoms with E-state index in [1.807, 2.05) is 13.1 Å². The molecule has 6 heteroatoms. The number of hydrogen-bond donors (Lipinski definition) is 1. The summed E-state index contributed by atoms with van der Waals surface area (Å²) in [6, 6.07) is 18.7. The molecule has 4 rings (SSSR count). The van der Waals surface area contributed by atoms with Crippen molar-refractivity contribution in [3.8, 4) is 0 Å². The molecule has 1 unspecified atom stereocenters. The molecule has 6 nitrogen and oxygen atoms in total. The van der Waals surface area contributed by atoms with Crippen molar-refractivity contribution in [2.24, 2.45) is 0 Å². The maximum Gasteiger partial charge on any atom is 0.237 e. The Morgan fingerprint density at radius 2 is 1.79 bits per heavy atom. The normalized spacial score (nSPS) is 19.1. The summed E-state index contributed by atoms with van der Waals surface area (Å²) in [5.74, 6) is 0.0258. The molecule has 1 N–H and O–H groups in total. The molecule has 0 spiro atoms. The molecule has 1 atom stereocenters. The van der Waals surface area contributed by atoms with Crippen LogP contribution in [0.2, 0.25) is 0 Å². The zero-order valence-electron chi connectivity index (χ0n) is 19.7. The summed E-state index contributed by atoms with van der Waals surface area (Å²) in [6.45, 7) is 5.79. The molecule has 0 saturated carbocycles. The third-order valence-electron chi connectivity index (χ3n) is 6.95. The molecule has 2 aliphatic rings. The van der Waals surface area contributed by atoms with E-state index in [1.165, 1.54) is 16.7 Å². The van der Waals surface area contributed by atoms with Crippen molar-refractivity contribution < 1.29 is 9.59 Å². The van der Waals surface area contributed by atoms with Gasteiger partial charge in [-0.3, -0.25) is 19.4 Å². The number of carbonyl (C=O) groups excluding carboxylic acids is 2. The summed E-state index contributed by atoms with van der Waals surface area (Å²) in [5, 5.41) is 2.95. The Kier molecular flexibility index (Phi) is 8.13. The van der Waals surface area contributed by atoms with Crippen LogP contribution in [-0.2, 0) is 29.0 Å². The number of nitrogens with zero attached hydrogens (tertiary/aromatic N) is 3. The van der Waals surface area contributed by atoms with Gasteiger partial charge < -0.3 is 10.2 Å². The number of aryl methyl sites for hydroxylation is 1. The fraction of sp³-hybridized carbons (Fsp3) is 0.481. The Labute approximate surface area is 197 Å². The fourth-order valence-corrected chi connectivity index (χ4v) is 4.86. The smallest absolute Gasteiger partial charge is 0.237 e. The van der Waals surface area contributed by atoms with Crippen molar-refractivity contribution >= 4 is 11.8 Å². The summed E-state index contributed by atoms with van der Waals surface area (Å²) >= 11 is 0. The predicted octanol–water partition coefficient (Wildman–Crippen LogP) is 2.33. The van der Waals surface area contributed by atoms with Gasteiger partial charge in [-0.15, -0.1) is 0 Å². The first-order valence-electron chi connectivity index (χ1n) is 12.2. The van der Waals surface area contributed by atoms with Gasteiger partial charge in [0, 0.05) is 46.3 Å². The molecule has 2 aliphatic heterocycles. The summed E-state index contributed by atoms with van der Waals surface area (Å²) in [7, 11) is 1.86. The van der Waals surface area contributed by atoms with Gasteiger partial charge in [0.05, 0.1) is 12.5 Å². The second kappa shape index (κ2) is 11.4. The van der Waals surface area contributed by atoms with E-state index < -0.39 is 0 Å². The molecule has 2 aromatic carbocycles. The molecular formula is C27H36N4O2. The number of hydrogen-bond acceptors (Lipinski definition) is 4. The van der Waals surface area contributed by atoms with Gasteiger partial charge >= 0.3 is 0 Å². The van der Waals surface area contributed by atoms with Crippen LogP contribution in [-0.4, -0.2) is 78.9 Å². The van der Waals surface area contributed by atoms with Crippen LogP contribution in [0, 0.1) is 0 Å². The fourth-order valence-electron chi connectivity index (χ4n) is 4.86. The quantitative estimate of drug-likeness (QED) is 0.640. The lowest BCUT2D eigenvalue weighted by molar-refractivity contribution is -0.138. The molecule has 1 fully saturated rings. The maximum atomic E-state index is 13.0. The van der Waals surface area contributed by atoms with Crippen molar-refractivity contribution in [3.05, 3.63) is 71.3 Å². The highest BCUT2D eigenvalue weighted by molar-refractivity contribution is 5.88. The second-order valence-electron chi connectivity index (χ2n) is 9.25. The minimum absolute atomic E-state index is 0.0182. The molecule has 2 aromatic rings. The standard InChI is InChI=1S/C27H36N4O2/c1-29(18-19-30-16-13-23-11-5-6-12-24(23)21-30)26(32)20-25-27(33)28-14-17-31(25)15-7-10-22-8-3-2-4-9-22/h2-6,8-9,11-12,25H,7,10,13-21H2,1H3,(H,28,33). The van der Waals surface area contributed by atoms with Crippen LogP contribution in [0.15, 0.2) is 54.6 Å². The van der Waals surface area contributed by atoms with Crippen LogP contribution in [0.25, 0.3) is 0 Å². The number of fused-ring (bicyclic) bond motifs is 1. The van der Waals surface area contributed by atoms with E-state index in [4.69, 9.17) is 0 Å². The highest BCUT2D eigenvalue weighted by Gasteiger charge is 2.32. The number of benzene rings is 2. The monoisotopic (exact) mass is 448 g/mol. The Hall–Kier alpha value is -2.70. The molecule has 0 bridgehead atoms. The Balaban J connectivity index is 1.24. The summed E-state index contributed by atoms with van der Waals surface area (Å²) in [4.78, 5) is 32.0. The topological polar surface area (TPSA) is 55.9 Å². The van der Waals surface area contributed by atoms with Gasteiger partial charge in [-0.05, 0) is 42.5 Å². The van der Waals surface area contributed by atoms with Crippen molar-refractivity contribution in [2.75, 3.05) is 46.3 Å². The van der Waals surface area contributed by atoms with Crippen molar-refractivity contribution in [2.45, 2.75) is 38.3 Å². The number of piperazine rings is 1. The lowest BCUT2D eigenvalue weighted by atomic mass is 10.00. The number of likely N-dealkylation sites (N-methyl/N-ethyl adjacent to an activating group) is 1. The minimum Gasteiger partial charge on any atom is -0.353 e. The largest absolute Gasteiger partial charge is 0.353 e. The lowest BCUT2D eigenvalue weighted by Crippen LogP contribution is -2.56. The van der Waals surface area contributed by atoms with Gasteiger partial charge in [-0.25, -0.2) is 0 Å². The highest BCUT2D eigenvalue weighted by Crippen LogP contribution is 2.18. The first-order valence-corrected chi connectivity index (χ1v) is 12.2. The van der Waals surface area contributed by atoms with E-state index >= 15 is 0 Å². The van der Waals surface area contributed by atoms with E-state index in [9.17, 15) is 9.59 Å². The summed E-state index contributed by atoms with van der Waals surface area (Å²) < 4.78 is 0. The molecule has 2 amide bonds. The molecule has 0 radical (unpaired) electrons. The predicted molar refractivity (Wildman–Crippen MR) is 131 cm³/mol. The van der Waals surface area contributed by atoms with E-state index in [-0.39, 0.29) is 24.3 Å². The zero-order valence-corrected chi connectivity index (χ0v) is 19.7. The van der Waals surface area contributed by atoms with Gasteiger partial charge in [0.15, 0.2) is 0 Å². The van der Waals surface area contributed by atoms with Gasteiger partial charge in [0.2, 0.25) is 11.8 Å². The minimum atomic E-state index is -0.369. The molecular weight excluding hydrogens is 412 g/mol. The second-order valence-corrected chi connectivity index (χ2v) is 9.25. The van der Waals surface area contributed by atoms with E-state index in [0.717, 1.165) is 52.0 Å². The van der Waals surface area contributed by atoms with Crippen LogP contribution >= 0.6 is 0 Å². The Morgan fingerprint density at radius 3 is 2.61 bits per heavy atom. The summed E-state index contributed by atoms with van der Waals surface area (Å²) in [6.07, 6.45) is 3.28. The summed E-state index contributed by atoms with van der Waals surface area (Å²) in [5.41, 5.74) is 4.14. The third kappa shape index (κ3) is 6.42. The average molecular weight is 449 g/mol. The van der Waals surface area contributed by atoms with Crippen LogP contribution in [0.4, 0.5) is 0 Å². The molecule has 0 aromatic heterocycles. The van der Waals surface area contributed by atoms with Gasteiger partial charge in [-0.1, -0.05) is 54.6 Å². The van der Waals surface area contributed by atoms with Gasteiger partial charge in [-0.2, -0.15) is 0 Å². The maximum absolute atomic E-state index is 13.0. The number of nitrogens with one attached hydrogen (secondary N) is 1. The number of amides is 2. The number of carbonyl (C=O) groups is 2. The average Bonchev–Trinajstić information content (AvgIpc) is 2.85. The van der Waals surface area contributed by atoms with Crippen LogP contribution in [0.1, 0.15) is 29.5 Å². The zero-order chi connectivity index (χ0) is 23.0. The van der Waals surface area contributed by atoms with Crippen LogP contribution in [0.5, 0.6) is 0 Å². The van der Waals surface area contributed by atoms with E-state index in [0.29, 0.717) is 13.1 Å². The van der Waals surface area contributed by atoms with Gasteiger partial charge in [0.25, 0.3) is 0 Å². The van der Waals surface area contributed by atoms with Crippen molar-refractivity contribution in [3.63, 3.8) is 0 Å². The first kappa shape index (κ1) is 23.5. The lowest BCUT2D eigenvalue weighted by Gasteiger charge is -2.35. The van der Waals surface area contributed by atoms with Crippen LogP contribution in [0.3, 0.4) is 0 Å². The van der Waals surface area contributed by atoms with Crippen molar-refractivity contribution in [1.82, 2.24) is 20.0 Å². The highest BCUT2D eigenvalue weighted by atomic mass is 16.2. The third-order valence-corrected chi connectivity index (χ3v) is 6.95. The first-order chi connectivity index (χ1) is 16.1. The Bertz CT molecular complexity index is 933. The molecule has 1 saturated heterocycles. The molecule has 176 valence electrons. The van der Waals surface area contributed by atoms with E-state index in [2.05, 4.69) is 63.6 Å². The van der Waals surface area contributed by atoms with Gasteiger partial charge in [0.1, 0.15) is 0 Å². The van der Waals surface area contributed by atoms with Crippen LogP contribution < -0.4 is 5.32 Å². The SMILES string of the molecule is CN(CCN1CCc2ccccc2C1)C(=O)CC1C(=O)NCCN1CCCc1ccccc1. The molecule has 0 aliphatic carbocycles. The number of rotatable bonds is 9. The Morgan fingerprint density at radius 1 is 1.03 bits per heavy atom. The van der Waals surface area contributed by atoms with Crippen molar-refractivity contribution in [1.29, 1.82) is 0 Å². The molecule has 33 heavy (non-hydrogen) atoms. The van der Waals surface area contributed by atoms with E-state index in [1.54, 1.807) is 4.90 Å². The molecule has 2 heterocycles.